The van der Waals surface area contributed by atoms with Gasteiger partial charge in [-0.2, -0.15) is 0 Å². The molecule has 2 N–H and O–H groups in total. The fourth-order valence-corrected chi connectivity index (χ4v) is 4.24. The minimum absolute atomic E-state index is 0. The van der Waals surface area contributed by atoms with E-state index in [-0.39, 0.29) is 30.1 Å². The van der Waals surface area contributed by atoms with E-state index in [2.05, 4.69) is 22.5 Å². The van der Waals surface area contributed by atoms with Crippen LogP contribution in [-0.2, 0) is 10.0 Å². The largest absolute Gasteiger partial charge is 0.487 e. The molecule has 0 aromatic heterocycles. The van der Waals surface area contributed by atoms with E-state index in [1.807, 2.05) is 31.2 Å². The Kier molecular flexibility index (Phi) is 12.3. The number of hydrogen-bond donors (Lipinski definition) is 2. The van der Waals surface area contributed by atoms with Crippen LogP contribution in [-0.4, -0.2) is 63.8 Å². The highest BCUT2D eigenvalue weighted by Crippen LogP contribution is 2.25. The van der Waals surface area contributed by atoms with Gasteiger partial charge in [0.05, 0.1) is 17.8 Å². The number of para-hydroxylation sites is 1. The zero-order chi connectivity index (χ0) is 21.3. The van der Waals surface area contributed by atoms with Crippen LogP contribution in [0.1, 0.15) is 33.1 Å². The average Bonchev–Trinajstić information content (AvgIpc) is 2.70. The molecule has 1 aromatic rings. The van der Waals surface area contributed by atoms with Crippen molar-refractivity contribution in [2.45, 2.75) is 39.2 Å². The van der Waals surface area contributed by atoms with Gasteiger partial charge in [0.25, 0.3) is 0 Å². The number of hydrogen-bond acceptors (Lipinski definition) is 4. The Bertz CT molecular complexity index is 771. The van der Waals surface area contributed by atoms with Crippen LogP contribution in [0.2, 0.25) is 5.02 Å². The summed E-state index contributed by atoms with van der Waals surface area (Å²) < 4.78 is 30.8. The van der Waals surface area contributed by atoms with E-state index in [0.29, 0.717) is 36.3 Å². The van der Waals surface area contributed by atoms with Crippen LogP contribution < -0.4 is 15.4 Å². The van der Waals surface area contributed by atoms with Gasteiger partial charge in [0.15, 0.2) is 5.96 Å². The minimum atomic E-state index is -3.09. The maximum absolute atomic E-state index is 11.6. The van der Waals surface area contributed by atoms with Gasteiger partial charge in [0, 0.05) is 26.2 Å². The Hall–Kier alpha value is -0.780. The fourth-order valence-electron chi connectivity index (χ4n) is 3.19. The lowest BCUT2D eigenvalue weighted by molar-refractivity contribution is 0.205. The summed E-state index contributed by atoms with van der Waals surface area (Å²) in [5, 5.41) is 7.25. The summed E-state index contributed by atoms with van der Waals surface area (Å²) in [5.41, 5.74) is 0. The molecule has 0 aliphatic carbocycles. The molecule has 0 spiro atoms. The maximum Gasteiger partial charge on any atom is 0.211 e. The molecule has 0 amide bonds. The molecule has 1 heterocycles. The van der Waals surface area contributed by atoms with Crippen LogP contribution in [0, 0.1) is 5.92 Å². The van der Waals surface area contributed by atoms with Crippen LogP contribution in [0.15, 0.2) is 29.3 Å². The van der Waals surface area contributed by atoms with Crippen molar-refractivity contribution in [1.29, 1.82) is 0 Å². The van der Waals surface area contributed by atoms with Gasteiger partial charge in [-0.15, -0.1) is 24.0 Å². The molecule has 1 aromatic carbocycles. The third kappa shape index (κ3) is 9.15. The molecule has 30 heavy (non-hydrogen) atoms. The predicted octanol–water partition coefficient (Wildman–Crippen LogP) is 3.34. The Morgan fingerprint density at radius 1 is 1.27 bits per heavy atom. The summed E-state index contributed by atoms with van der Waals surface area (Å²) in [6.07, 6.45) is 3.73. The van der Waals surface area contributed by atoms with E-state index in [9.17, 15) is 8.42 Å². The molecule has 0 saturated carbocycles. The van der Waals surface area contributed by atoms with E-state index in [1.165, 1.54) is 6.26 Å². The summed E-state index contributed by atoms with van der Waals surface area (Å²) in [7, 11) is -3.09. The highest BCUT2D eigenvalue weighted by Gasteiger charge is 2.24. The van der Waals surface area contributed by atoms with Crippen molar-refractivity contribution in [3.05, 3.63) is 29.3 Å². The average molecular weight is 573 g/mol. The van der Waals surface area contributed by atoms with E-state index in [4.69, 9.17) is 16.3 Å². The number of piperidine rings is 1. The van der Waals surface area contributed by atoms with Gasteiger partial charge in [0.2, 0.25) is 10.0 Å². The topological polar surface area (TPSA) is 83.0 Å². The molecule has 1 saturated heterocycles. The van der Waals surface area contributed by atoms with Crippen LogP contribution in [0.5, 0.6) is 5.75 Å². The van der Waals surface area contributed by atoms with Crippen molar-refractivity contribution in [3.63, 3.8) is 0 Å². The first-order valence-corrected chi connectivity index (χ1v) is 12.4. The minimum Gasteiger partial charge on any atom is -0.487 e. The van der Waals surface area contributed by atoms with Gasteiger partial charge in [0.1, 0.15) is 11.9 Å². The first-order valence-electron chi connectivity index (χ1n) is 10.2. The molecule has 172 valence electrons. The Morgan fingerprint density at radius 2 is 1.93 bits per heavy atom. The fraction of sp³-hybridized carbons (Fsp3) is 0.650. The third-order valence-corrected chi connectivity index (χ3v) is 6.60. The van der Waals surface area contributed by atoms with Gasteiger partial charge in [-0.25, -0.2) is 17.7 Å². The molecule has 0 bridgehead atoms. The molecule has 1 unspecified atom stereocenters. The van der Waals surface area contributed by atoms with E-state index in [0.717, 1.165) is 38.3 Å². The molecule has 2 rings (SSSR count). The van der Waals surface area contributed by atoms with Gasteiger partial charge in [-0.1, -0.05) is 30.7 Å². The maximum atomic E-state index is 11.6. The standard InChI is InChI=1S/C20H33ClN4O3S.HI/c1-4-17(28-19-9-7-6-8-18(19)21)15-24-20(22-5-2)23-14-16-10-12-25(13-11-16)29(3,26)27;/h6-9,16-17H,4-5,10-15H2,1-3H3,(H2,22,23,24);1H. The second kappa shape index (κ2) is 13.6. The van der Waals surface area contributed by atoms with Crippen molar-refractivity contribution >= 4 is 51.6 Å². The lowest BCUT2D eigenvalue weighted by Crippen LogP contribution is -2.44. The second-order valence-corrected chi connectivity index (χ2v) is 9.67. The van der Waals surface area contributed by atoms with Crippen molar-refractivity contribution < 1.29 is 13.2 Å². The molecule has 1 aliphatic heterocycles. The number of nitrogens with one attached hydrogen (secondary N) is 2. The number of halogens is 2. The highest BCUT2D eigenvalue weighted by molar-refractivity contribution is 14.0. The zero-order valence-electron chi connectivity index (χ0n) is 17.9. The van der Waals surface area contributed by atoms with Crippen LogP contribution in [0.25, 0.3) is 0 Å². The number of benzene rings is 1. The molecule has 10 heteroatoms. The Morgan fingerprint density at radius 3 is 2.50 bits per heavy atom. The van der Waals surface area contributed by atoms with Crippen molar-refractivity contribution in [2.24, 2.45) is 10.9 Å². The molecule has 0 radical (unpaired) electrons. The van der Waals surface area contributed by atoms with Gasteiger partial charge >= 0.3 is 0 Å². The van der Waals surface area contributed by atoms with Crippen LogP contribution in [0.3, 0.4) is 0 Å². The van der Waals surface area contributed by atoms with Gasteiger partial charge in [-0.3, -0.25) is 0 Å². The first-order chi connectivity index (χ1) is 13.8. The number of nitrogens with zero attached hydrogens (tertiary/aromatic N) is 2. The van der Waals surface area contributed by atoms with E-state index < -0.39 is 10.0 Å². The third-order valence-electron chi connectivity index (χ3n) is 4.98. The summed E-state index contributed by atoms with van der Waals surface area (Å²) in [6, 6.07) is 7.45. The van der Waals surface area contributed by atoms with Gasteiger partial charge < -0.3 is 15.4 Å². The second-order valence-electron chi connectivity index (χ2n) is 7.28. The lowest BCUT2D eigenvalue weighted by Gasteiger charge is -2.30. The van der Waals surface area contributed by atoms with Crippen molar-refractivity contribution in [2.75, 3.05) is 39.0 Å². The Labute approximate surface area is 203 Å². The zero-order valence-corrected chi connectivity index (χ0v) is 21.8. The summed E-state index contributed by atoms with van der Waals surface area (Å²) in [4.78, 5) is 4.67. The first kappa shape index (κ1) is 27.3. The highest BCUT2D eigenvalue weighted by atomic mass is 127. The van der Waals surface area contributed by atoms with Gasteiger partial charge in [-0.05, 0) is 44.2 Å². The lowest BCUT2D eigenvalue weighted by atomic mass is 9.98. The number of aliphatic imine (C=N–C) groups is 1. The molecule has 1 fully saturated rings. The number of guanidine groups is 1. The van der Waals surface area contributed by atoms with Crippen molar-refractivity contribution in [3.8, 4) is 5.75 Å². The SMILES string of the molecule is CCNC(=NCC(CC)Oc1ccccc1Cl)NCC1CCN(S(C)(=O)=O)CC1.I. The normalized spacial score (nSPS) is 17.1. The molecule has 7 nitrogen and oxygen atoms in total. The Balaban J connectivity index is 0.00000450. The molecule has 1 aliphatic rings. The van der Waals surface area contributed by atoms with Crippen LogP contribution >= 0.6 is 35.6 Å². The summed E-state index contributed by atoms with van der Waals surface area (Å²) in [5.74, 6) is 1.85. The molecular formula is C20H34ClIN4O3S. The number of sulfonamides is 1. The molecule has 1 atom stereocenters. The van der Waals surface area contributed by atoms with E-state index >= 15 is 0 Å². The molecular weight excluding hydrogens is 539 g/mol. The number of rotatable bonds is 9. The van der Waals surface area contributed by atoms with Crippen molar-refractivity contribution in [1.82, 2.24) is 14.9 Å². The van der Waals surface area contributed by atoms with Crippen LogP contribution in [0.4, 0.5) is 0 Å². The quantitative estimate of drug-likeness (QED) is 0.270. The van der Waals surface area contributed by atoms with E-state index in [1.54, 1.807) is 4.31 Å². The monoisotopic (exact) mass is 572 g/mol. The predicted molar refractivity (Wildman–Crippen MR) is 135 cm³/mol. The summed E-state index contributed by atoms with van der Waals surface area (Å²) >= 11 is 6.19. The summed E-state index contributed by atoms with van der Waals surface area (Å²) in [6.45, 7) is 7.31. The smallest absolute Gasteiger partial charge is 0.211 e. The number of ether oxygens (including phenoxy) is 1.